The lowest BCUT2D eigenvalue weighted by Gasteiger charge is -2.43. The Morgan fingerprint density at radius 3 is 2.52 bits per heavy atom. The fraction of sp³-hybridized carbons (Fsp3) is 0.941. The molecule has 2 heterocycles. The maximum Gasteiger partial charge on any atom is 0.188 e. The minimum absolute atomic E-state index is 0. The number of halogens is 1. The first-order valence-electron chi connectivity index (χ1n) is 9.13. The molecule has 0 radical (unpaired) electrons. The summed E-state index contributed by atoms with van der Waals surface area (Å²) in [6.07, 6.45) is 9.82. The van der Waals surface area contributed by atoms with E-state index < -0.39 is 0 Å². The Labute approximate surface area is 158 Å². The number of hydrogen-bond acceptors (Lipinski definition) is 3. The molecule has 0 atom stereocenters. The van der Waals surface area contributed by atoms with Gasteiger partial charge in [-0.15, -0.1) is 24.0 Å². The molecule has 0 spiro atoms. The van der Waals surface area contributed by atoms with Gasteiger partial charge < -0.3 is 15.8 Å². The first-order chi connectivity index (χ1) is 10.8. The van der Waals surface area contributed by atoms with Gasteiger partial charge in [0.1, 0.15) is 0 Å². The van der Waals surface area contributed by atoms with E-state index in [4.69, 9.17) is 10.5 Å². The molecule has 0 saturated carbocycles. The van der Waals surface area contributed by atoms with Gasteiger partial charge in [-0.25, -0.2) is 0 Å². The summed E-state index contributed by atoms with van der Waals surface area (Å²) >= 11 is 0. The molecule has 136 valence electrons. The zero-order valence-electron chi connectivity index (χ0n) is 14.7. The van der Waals surface area contributed by atoms with E-state index in [0.717, 1.165) is 39.1 Å². The summed E-state index contributed by atoms with van der Waals surface area (Å²) < 4.78 is 5.57. The molecule has 0 aliphatic carbocycles. The third-order valence-corrected chi connectivity index (χ3v) is 5.08. The Morgan fingerprint density at radius 1 is 1.17 bits per heavy atom. The van der Waals surface area contributed by atoms with Gasteiger partial charge in [-0.2, -0.15) is 0 Å². The van der Waals surface area contributed by atoms with E-state index in [1.165, 1.54) is 51.6 Å². The molecule has 2 aliphatic heterocycles. The fourth-order valence-electron chi connectivity index (χ4n) is 3.57. The average Bonchev–Trinajstić information content (AvgIpc) is 3.09. The van der Waals surface area contributed by atoms with Crippen LogP contribution in [0.25, 0.3) is 0 Å². The van der Waals surface area contributed by atoms with Crippen LogP contribution in [0.3, 0.4) is 0 Å². The van der Waals surface area contributed by atoms with Crippen molar-refractivity contribution in [3.8, 4) is 0 Å². The molecule has 5 nitrogen and oxygen atoms in total. The van der Waals surface area contributed by atoms with E-state index in [2.05, 4.69) is 22.1 Å². The average molecular weight is 438 g/mol. The van der Waals surface area contributed by atoms with Crippen LogP contribution >= 0.6 is 24.0 Å². The molecule has 0 aromatic heterocycles. The smallest absolute Gasteiger partial charge is 0.188 e. The molecule has 0 unspecified atom stereocenters. The van der Waals surface area contributed by atoms with E-state index >= 15 is 0 Å². The lowest BCUT2D eigenvalue weighted by atomic mass is 9.88. The Kier molecular flexibility index (Phi) is 10.5. The largest absolute Gasteiger partial charge is 0.381 e. The summed E-state index contributed by atoms with van der Waals surface area (Å²) in [5, 5.41) is 3.27. The second-order valence-electron chi connectivity index (χ2n) is 6.72. The van der Waals surface area contributed by atoms with Crippen molar-refractivity contribution >= 4 is 29.9 Å². The predicted octanol–water partition coefficient (Wildman–Crippen LogP) is 2.73. The normalized spacial score (nSPS) is 21.9. The number of hydrogen-bond donors (Lipinski definition) is 2. The van der Waals surface area contributed by atoms with Crippen molar-refractivity contribution in [1.82, 2.24) is 10.2 Å². The lowest BCUT2D eigenvalue weighted by Crippen LogP contribution is -2.53. The SMILES string of the molecule is CCCCCCNC(N)=NCC1(N2CCCC2)CCOCC1.I. The summed E-state index contributed by atoms with van der Waals surface area (Å²) in [5.41, 5.74) is 6.24. The third kappa shape index (κ3) is 6.74. The van der Waals surface area contributed by atoms with Crippen LogP contribution in [0.2, 0.25) is 0 Å². The maximum absolute atomic E-state index is 6.05. The molecule has 6 heteroatoms. The molecule has 2 rings (SSSR count). The van der Waals surface area contributed by atoms with Gasteiger partial charge in [-0.3, -0.25) is 9.89 Å². The van der Waals surface area contributed by atoms with Gasteiger partial charge in [0, 0.05) is 25.3 Å². The Bertz CT molecular complexity index is 339. The summed E-state index contributed by atoms with van der Waals surface area (Å²) in [6.45, 7) is 8.11. The number of aliphatic imine (C=N–C) groups is 1. The van der Waals surface area contributed by atoms with Gasteiger partial charge in [-0.1, -0.05) is 26.2 Å². The summed E-state index contributed by atoms with van der Waals surface area (Å²) in [6, 6.07) is 0. The quantitative estimate of drug-likeness (QED) is 0.265. The van der Waals surface area contributed by atoms with E-state index in [-0.39, 0.29) is 29.5 Å². The Morgan fingerprint density at radius 2 is 1.87 bits per heavy atom. The molecule has 0 aromatic rings. The van der Waals surface area contributed by atoms with E-state index in [1.807, 2.05) is 0 Å². The Hall–Kier alpha value is -0.0800. The molecule has 0 bridgehead atoms. The van der Waals surface area contributed by atoms with Crippen molar-refractivity contribution in [2.45, 2.75) is 63.8 Å². The van der Waals surface area contributed by atoms with Gasteiger partial charge in [0.15, 0.2) is 5.96 Å². The molecule has 2 aliphatic rings. The van der Waals surface area contributed by atoms with Gasteiger partial charge in [0.25, 0.3) is 0 Å². The lowest BCUT2D eigenvalue weighted by molar-refractivity contribution is -0.0138. The highest BCUT2D eigenvalue weighted by Crippen LogP contribution is 2.31. The van der Waals surface area contributed by atoms with Crippen LogP contribution in [0, 0.1) is 0 Å². The fourth-order valence-corrected chi connectivity index (χ4v) is 3.57. The highest BCUT2D eigenvalue weighted by atomic mass is 127. The summed E-state index contributed by atoms with van der Waals surface area (Å²) in [7, 11) is 0. The minimum Gasteiger partial charge on any atom is -0.381 e. The molecular weight excluding hydrogens is 403 g/mol. The van der Waals surface area contributed by atoms with Gasteiger partial charge in [-0.05, 0) is 45.2 Å². The highest BCUT2D eigenvalue weighted by Gasteiger charge is 2.39. The van der Waals surface area contributed by atoms with Crippen LogP contribution in [-0.2, 0) is 4.74 Å². The predicted molar refractivity (Wildman–Crippen MR) is 108 cm³/mol. The Balaban J connectivity index is 0.00000264. The van der Waals surface area contributed by atoms with Crippen LogP contribution in [0.4, 0.5) is 0 Å². The number of nitrogens with two attached hydrogens (primary N) is 1. The highest BCUT2D eigenvalue weighted by molar-refractivity contribution is 14.0. The van der Waals surface area contributed by atoms with E-state index in [1.54, 1.807) is 0 Å². The second-order valence-corrected chi connectivity index (χ2v) is 6.72. The van der Waals surface area contributed by atoms with Gasteiger partial charge in [0.2, 0.25) is 0 Å². The molecule has 0 aromatic carbocycles. The molecule has 2 saturated heterocycles. The van der Waals surface area contributed by atoms with Gasteiger partial charge >= 0.3 is 0 Å². The van der Waals surface area contributed by atoms with Crippen molar-refractivity contribution in [2.75, 3.05) is 39.4 Å². The molecular formula is C17H35IN4O. The van der Waals surface area contributed by atoms with E-state index in [0.29, 0.717) is 5.96 Å². The molecule has 2 fully saturated rings. The molecule has 0 amide bonds. The number of guanidine groups is 1. The number of rotatable bonds is 8. The zero-order chi connectivity index (χ0) is 15.7. The monoisotopic (exact) mass is 438 g/mol. The van der Waals surface area contributed by atoms with Crippen LogP contribution in [0.1, 0.15) is 58.3 Å². The summed E-state index contributed by atoms with van der Waals surface area (Å²) in [5.74, 6) is 0.613. The van der Waals surface area contributed by atoms with Crippen LogP contribution in [-0.4, -0.2) is 55.8 Å². The molecule has 23 heavy (non-hydrogen) atoms. The number of ether oxygens (including phenoxy) is 1. The van der Waals surface area contributed by atoms with Gasteiger partial charge in [0.05, 0.1) is 6.54 Å². The summed E-state index contributed by atoms with van der Waals surface area (Å²) in [4.78, 5) is 7.30. The van der Waals surface area contributed by atoms with Crippen molar-refractivity contribution in [3.63, 3.8) is 0 Å². The standard InChI is InChI=1S/C17H34N4O.HI/c1-2-3-4-5-10-19-16(18)20-15-17(8-13-22-14-9-17)21-11-6-7-12-21;/h2-15H2,1H3,(H3,18,19,20);1H. The topological polar surface area (TPSA) is 62.9 Å². The van der Waals surface area contributed by atoms with Crippen molar-refractivity contribution in [1.29, 1.82) is 0 Å². The molecule has 3 N–H and O–H groups in total. The third-order valence-electron chi connectivity index (χ3n) is 5.08. The zero-order valence-corrected chi connectivity index (χ0v) is 17.0. The first-order valence-corrected chi connectivity index (χ1v) is 9.13. The first kappa shape index (κ1) is 21.0. The van der Waals surface area contributed by atoms with Crippen molar-refractivity contribution < 1.29 is 4.74 Å². The maximum atomic E-state index is 6.05. The number of likely N-dealkylation sites (tertiary alicyclic amines) is 1. The second kappa shape index (κ2) is 11.5. The number of nitrogens with one attached hydrogen (secondary N) is 1. The van der Waals surface area contributed by atoms with Crippen molar-refractivity contribution in [2.24, 2.45) is 10.7 Å². The van der Waals surface area contributed by atoms with Crippen LogP contribution < -0.4 is 11.1 Å². The van der Waals surface area contributed by atoms with E-state index in [9.17, 15) is 0 Å². The minimum atomic E-state index is 0. The number of unbranched alkanes of at least 4 members (excludes halogenated alkanes) is 3. The van der Waals surface area contributed by atoms with Crippen LogP contribution in [0.5, 0.6) is 0 Å². The van der Waals surface area contributed by atoms with Crippen molar-refractivity contribution in [3.05, 3.63) is 0 Å². The number of nitrogens with zero attached hydrogens (tertiary/aromatic N) is 2. The van der Waals surface area contributed by atoms with Crippen LogP contribution in [0.15, 0.2) is 4.99 Å².